The smallest absolute Gasteiger partial charge is 0.269 e. The number of fused-ring (bicyclic) bond motifs is 1. The lowest BCUT2D eigenvalue weighted by Gasteiger charge is -2.22. The van der Waals surface area contributed by atoms with E-state index >= 15 is 0 Å². The van der Waals surface area contributed by atoms with Crippen LogP contribution in [0.1, 0.15) is 10.4 Å². The van der Waals surface area contributed by atoms with Crippen LogP contribution in [0.15, 0.2) is 42.7 Å². The van der Waals surface area contributed by atoms with Crippen LogP contribution >= 0.6 is 23.2 Å². The van der Waals surface area contributed by atoms with Crippen molar-refractivity contribution >= 4 is 45.7 Å². The molecule has 0 unspecified atom stereocenters. The number of hydrogen-bond acceptors (Lipinski definition) is 7. The lowest BCUT2D eigenvalue weighted by atomic mass is 10.1. The van der Waals surface area contributed by atoms with Gasteiger partial charge < -0.3 is 0 Å². The van der Waals surface area contributed by atoms with Gasteiger partial charge in [0.15, 0.2) is 0 Å². The van der Waals surface area contributed by atoms with Crippen LogP contribution in [0.2, 0.25) is 10.0 Å². The van der Waals surface area contributed by atoms with E-state index in [9.17, 15) is 4.79 Å². The van der Waals surface area contributed by atoms with E-state index in [0.717, 1.165) is 10.4 Å². The Labute approximate surface area is 168 Å². The van der Waals surface area contributed by atoms with Crippen LogP contribution in [0.3, 0.4) is 0 Å². The SMILES string of the molecule is CON(C(=O)c1cccc2ccc(-c3nn[nH]n3)nc12)c1c(Cl)cncc1Cl. The number of rotatable bonds is 4. The molecular formula is C17H11Cl2N7O2. The van der Waals surface area contributed by atoms with Crippen molar-refractivity contribution in [2.24, 2.45) is 0 Å². The molecule has 11 heteroatoms. The molecule has 140 valence electrons. The molecule has 3 heterocycles. The Bertz CT molecular complexity index is 1150. The molecule has 0 saturated heterocycles. The predicted octanol–water partition coefficient (Wildman–Crippen LogP) is 3.32. The molecule has 0 saturated carbocycles. The van der Waals surface area contributed by atoms with Gasteiger partial charge in [0.2, 0.25) is 5.82 Å². The summed E-state index contributed by atoms with van der Waals surface area (Å²) >= 11 is 12.4. The van der Waals surface area contributed by atoms with Crippen LogP contribution in [0.25, 0.3) is 22.4 Å². The van der Waals surface area contributed by atoms with Crippen LogP contribution < -0.4 is 5.06 Å². The fraction of sp³-hybridized carbons (Fsp3) is 0.0588. The molecule has 1 amide bonds. The molecule has 3 aromatic heterocycles. The number of para-hydroxylation sites is 1. The van der Waals surface area contributed by atoms with Gasteiger partial charge in [-0.2, -0.15) is 10.3 Å². The molecule has 0 fully saturated rings. The second-order valence-electron chi connectivity index (χ2n) is 5.54. The van der Waals surface area contributed by atoms with Gasteiger partial charge in [0.05, 0.1) is 28.2 Å². The Morgan fingerprint density at radius 1 is 1.14 bits per heavy atom. The number of tetrazole rings is 1. The number of hydroxylamine groups is 1. The number of aromatic nitrogens is 6. The highest BCUT2D eigenvalue weighted by Crippen LogP contribution is 2.34. The van der Waals surface area contributed by atoms with E-state index in [1.165, 1.54) is 19.5 Å². The predicted molar refractivity (Wildman–Crippen MR) is 103 cm³/mol. The highest BCUT2D eigenvalue weighted by molar-refractivity contribution is 6.39. The van der Waals surface area contributed by atoms with Crippen molar-refractivity contribution in [3.05, 3.63) is 58.3 Å². The van der Waals surface area contributed by atoms with Gasteiger partial charge >= 0.3 is 0 Å². The normalized spacial score (nSPS) is 11.0. The molecule has 9 nitrogen and oxygen atoms in total. The number of carbonyl (C=O) groups is 1. The average Bonchev–Trinajstić information content (AvgIpc) is 3.24. The Kier molecular flexibility index (Phi) is 4.86. The third kappa shape index (κ3) is 3.15. The van der Waals surface area contributed by atoms with Gasteiger partial charge in [-0.05, 0) is 17.3 Å². The zero-order chi connectivity index (χ0) is 19.7. The van der Waals surface area contributed by atoms with E-state index < -0.39 is 5.91 Å². The largest absolute Gasteiger partial charge is 0.284 e. The summed E-state index contributed by atoms with van der Waals surface area (Å²) in [5.74, 6) is -0.186. The number of H-pyrrole nitrogens is 1. The van der Waals surface area contributed by atoms with Crippen molar-refractivity contribution in [1.82, 2.24) is 30.6 Å². The molecule has 0 aliphatic heterocycles. The monoisotopic (exact) mass is 415 g/mol. The number of aromatic amines is 1. The van der Waals surface area contributed by atoms with Crippen molar-refractivity contribution in [2.45, 2.75) is 0 Å². The van der Waals surface area contributed by atoms with Crippen LogP contribution in [0, 0.1) is 0 Å². The molecular weight excluding hydrogens is 405 g/mol. The van der Waals surface area contributed by atoms with Crippen LogP contribution in [0.5, 0.6) is 0 Å². The van der Waals surface area contributed by atoms with Gasteiger partial charge in [0.1, 0.15) is 11.4 Å². The zero-order valence-electron chi connectivity index (χ0n) is 14.3. The van der Waals surface area contributed by atoms with Gasteiger partial charge in [-0.3, -0.25) is 14.6 Å². The standard InChI is InChI=1S/C17H11Cl2N7O2/c1-28-26(15-11(18)7-20-8-12(15)19)17(27)10-4-2-3-9-5-6-13(21-14(9)10)16-22-24-25-23-16/h2-8H,1H3,(H,22,23,24,25). The second-order valence-corrected chi connectivity index (χ2v) is 6.36. The van der Waals surface area contributed by atoms with Gasteiger partial charge in [-0.15, -0.1) is 10.2 Å². The van der Waals surface area contributed by atoms with Crippen molar-refractivity contribution < 1.29 is 9.63 Å². The van der Waals surface area contributed by atoms with Crippen molar-refractivity contribution in [1.29, 1.82) is 0 Å². The maximum Gasteiger partial charge on any atom is 0.284 e. The zero-order valence-corrected chi connectivity index (χ0v) is 15.8. The number of halogens is 2. The molecule has 1 aromatic carbocycles. The first-order valence-corrected chi connectivity index (χ1v) is 8.67. The fourth-order valence-corrected chi connectivity index (χ4v) is 3.22. The molecule has 0 radical (unpaired) electrons. The van der Waals surface area contributed by atoms with Crippen molar-refractivity contribution in [3.8, 4) is 11.5 Å². The summed E-state index contributed by atoms with van der Waals surface area (Å²) in [5.41, 5.74) is 1.38. The maximum absolute atomic E-state index is 13.3. The van der Waals surface area contributed by atoms with E-state index in [4.69, 9.17) is 28.0 Å². The summed E-state index contributed by atoms with van der Waals surface area (Å²) in [6.07, 6.45) is 2.75. The topological polar surface area (TPSA) is 110 Å². The summed E-state index contributed by atoms with van der Waals surface area (Å²) in [6.45, 7) is 0. The van der Waals surface area contributed by atoms with E-state index in [2.05, 4.69) is 30.6 Å². The van der Waals surface area contributed by atoms with Crippen molar-refractivity contribution in [3.63, 3.8) is 0 Å². The van der Waals surface area contributed by atoms with Gasteiger partial charge in [0, 0.05) is 17.8 Å². The number of hydrogen-bond donors (Lipinski definition) is 1. The first-order chi connectivity index (χ1) is 13.6. The van der Waals surface area contributed by atoms with E-state index in [1.54, 1.807) is 18.2 Å². The fourth-order valence-electron chi connectivity index (χ4n) is 2.70. The quantitative estimate of drug-likeness (QED) is 0.508. The highest BCUT2D eigenvalue weighted by atomic mass is 35.5. The number of nitrogens with one attached hydrogen (secondary N) is 1. The first-order valence-electron chi connectivity index (χ1n) is 7.91. The minimum absolute atomic E-state index is 0.170. The van der Waals surface area contributed by atoms with E-state index in [0.29, 0.717) is 17.0 Å². The summed E-state index contributed by atoms with van der Waals surface area (Å²) in [4.78, 5) is 27.0. The lowest BCUT2D eigenvalue weighted by molar-refractivity contribution is 0.0775. The Balaban J connectivity index is 1.85. The summed E-state index contributed by atoms with van der Waals surface area (Å²) in [6, 6.07) is 8.77. The minimum Gasteiger partial charge on any atom is -0.269 e. The molecule has 0 atom stereocenters. The van der Waals surface area contributed by atoms with Gasteiger partial charge in [0.25, 0.3) is 5.91 Å². The van der Waals surface area contributed by atoms with Crippen LogP contribution in [-0.4, -0.2) is 43.6 Å². The van der Waals surface area contributed by atoms with E-state index in [-0.39, 0.29) is 21.3 Å². The summed E-state index contributed by atoms with van der Waals surface area (Å²) in [5, 5.41) is 15.8. The molecule has 28 heavy (non-hydrogen) atoms. The lowest BCUT2D eigenvalue weighted by Crippen LogP contribution is -2.30. The van der Waals surface area contributed by atoms with Crippen molar-refractivity contribution in [2.75, 3.05) is 12.2 Å². The number of nitrogens with zero attached hydrogens (tertiary/aromatic N) is 6. The van der Waals surface area contributed by atoms with Crippen LogP contribution in [0.4, 0.5) is 5.69 Å². The number of amides is 1. The number of anilines is 1. The molecule has 0 spiro atoms. The molecule has 0 bridgehead atoms. The van der Waals surface area contributed by atoms with Crippen LogP contribution in [-0.2, 0) is 4.84 Å². The first kappa shape index (κ1) is 18.2. The summed E-state index contributed by atoms with van der Waals surface area (Å²) in [7, 11) is 1.34. The Morgan fingerprint density at radius 3 is 2.61 bits per heavy atom. The third-order valence-electron chi connectivity index (χ3n) is 3.92. The number of carbonyl (C=O) groups excluding carboxylic acids is 1. The molecule has 1 N–H and O–H groups in total. The number of benzene rings is 1. The molecule has 4 aromatic rings. The summed E-state index contributed by atoms with van der Waals surface area (Å²) < 4.78 is 0. The minimum atomic E-state index is -0.499. The highest BCUT2D eigenvalue weighted by Gasteiger charge is 2.25. The maximum atomic E-state index is 13.3. The Hall–Kier alpha value is -3.14. The number of pyridine rings is 2. The Morgan fingerprint density at radius 2 is 1.93 bits per heavy atom. The average molecular weight is 416 g/mol. The van der Waals surface area contributed by atoms with Gasteiger partial charge in [-0.1, -0.05) is 41.4 Å². The molecule has 0 aliphatic carbocycles. The van der Waals surface area contributed by atoms with E-state index in [1.807, 2.05) is 12.1 Å². The van der Waals surface area contributed by atoms with Gasteiger partial charge in [-0.25, -0.2) is 4.98 Å². The molecule has 4 rings (SSSR count). The second kappa shape index (κ2) is 7.47. The third-order valence-corrected chi connectivity index (χ3v) is 4.48. The molecule has 0 aliphatic rings.